The van der Waals surface area contributed by atoms with Gasteiger partial charge in [-0.15, -0.1) is 5.10 Å². The van der Waals surface area contributed by atoms with Gasteiger partial charge in [0.1, 0.15) is 6.33 Å². The molecule has 11 nitrogen and oxygen atoms in total. The molecule has 0 spiro atoms. The SMILES string of the molecule is Cc1nn(C2CCS(=O)(=O)C2)c2nc(C3CC3)cc(C(=O)Nc3ccc(-n4cnnn4)cc3)c12. The minimum absolute atomic E-state index is 0.0493. The first-order valence-electron chi connectivity index (χ1n) is 11.1. The van der Waals surface area contributed by atoms with Gasteiger partial charge < -0.3 is 5.32 Å². The number of pyridine rings is 1. The van der Waals surface area contributed by atoms with Gasteiger partial charge in [0, 0.05) is 17.3 Å². The maximum absolute atomic E-state index is 13.4. The highest BCUT2D eigenvalue weighted by Crippen LogP contribution is 2.41. The zero-order valence-electron chi connectivity index (χ0n) is 18.4. The summed E-state index contributed by atoms with van der Waals surface area (Å²) in [5.74, 6) is 0.260. The number of tetrazole rings is 1. The number of benzene rings is 1. The largest absolute Gasteiger partial charge is 0.322 e. The van der Waals surface area contributed by atoms with Crippen LogP contribution in [0.15, 0.2) is 36.7 Å². The van der Waals surface area contributed by atoms with Crippen LogP contribution in [0.2, 0.25) is 0 Å². The van der Waals surface area contributed by atoms with Gasteiger partial charge in [-0.1, -0.05) is 0 Å². The molecular weight excluding hydrogens is 456 g/mol. The lowest BCUT2D eigenvalue weighted by Gasteiger charge is -2.12. The normalized spacial score (nSPS) is 19.5. The van der Waals surface area contributed by atoms with Gasteiger partial charge in [0.2, 0.25) is 0 Å². The van der Waals surface area contributed by atoms with Gasteiger partial charge in [-0.05, 0) is 66.9 Å². The van der Waals surface area contributed by atoms with E-state index in [0.717, 1.165) is 24.2 Å². The minimum atomic E-state index is -3.09. The van der Waals surface area contributed by atoms with Gasteiger partial charge >= 0.3 is 0 Å². The van der Waals surface area contributed by atoms with Gasteiger partial charge in [-0.25, -0.2) is 22.8 Å². The number of hydrogen-bond acceptors (Lipinski definition) is 8. The number of aromatic nitrogens is 7. The van der Waals surface area contributed by atoms with Crippen molar-refractivity contribution in [1.82, 2.24) is 35.0 Å². The van der Waals surface area contributed by atoms with Crippen LogP contribution in [0.25, 0.3) is 16.7 Å². The van der Waals surface area contributed by atoms with Crippen LogP contribution in [-0.4, -0.2) is 60.8 Å². The minimum Gasteiger partial charge on any atom is -0.322 e. The Labute approximate surface area is 195 Å². The van der Waals surface area contributed by atoms with Crippen molar-refractivity contribution in [2.24, 2.45) is 0 Å². The van der Waals surface area contributed by atoms with Crippen LogP contribution in [0.4, 0.5) is 5.69 Å². The summed E-state index contributed by atoms with van der Waals surface area (Å²) in [5, 5.41) is 19.4. The van der Waals surface area contributed by atoms with Crippen LogP contribution < -0.4 is 5.32 Å². The molecule has 4 heterocycles. The van der Waals surface area contributed by atoms with Gasteiger partial charge in [0.25, 0.3) is 5.91 Å². The van der Waals surface area contributed by atoms with Crippen molar-refractivity contribution in [2.75, 3.05) is 16.8 Å². The zero-order chi connectivity index (χ0) is 23.4. The maximum Gasteiger partial charge on any atom is 0.256 e. The summed E-state index contributed by atoms with van der Waals surface area (Å²) in [6.07, 6.45) is 4.06. The Morgan fingerprint density at radius 2 is 1.94 bits per heavy atom. The predicted octanol–water partition coefficient (Wildman–Crippen LogP) is 2.20. The standard InChI is InChI=1S/C22H22N8O3S/c1-13-20-18(22(31)24-15-4-6-16(7-5-15)29-12-23-27-28-29)10-19(14-2-3-14)25-21(20)30(26-13)17-8-9-34(32,33)11-17/h4-7,10,12,14,17H,2-3,8-9,11H2,1H3,(H,24,31). The highest BCUT2D eigenvalue weighted by atomic mass is 32.2. The van der Waals surface area contributed by atoms with E-state index in [0.29, 0.717) is 40.3 Å². The number of hydrogen-bond donors (Lipinski definition) is 1. The number of sulfone groups is 1. The number of carbonyl (C=O) groups is 1. The van der Waals surface area contributed by atoms with Crippen LogP contribution in [0.1, 0.15) is 53.0 Å². The molecule has 1 aliphatic carbocycles. The molecule has 1 aliphatic heterocycles. The number of nitrogens with one attached hydrogen (secondary N) is 1. The molecule has 1 saturated carbocycles. The molecule has 6 rings (SSSR count). The second kappa shape index (κ2) is 7.69. The molecule has 1 aromatic carbocycles. The van der Waals surface area contributed by atoms with Gasteiger partial charge in [-0.2, -0.15) is 5.10 Å². The third kappa shape index (κ3) is 3.73. The van der Waals surface area contributed by atoms with Crippen molar-refractivity contribution in [3.8, 4) is 5.69 Å². The zero-order valence-corrected chi connectivity index (χ0v) is 19.2. The number of rotatable bonds is 5. The predicted molar refractivity (Wildman–Crippen MR) is 124 cm³/mol. The highest BCUT2D eigenvalue weighted by molar-refractivity contribution is 7.91. The van der Waals surface area contributed by atoms with Crippen molar-refractivity contribution in [3.63, 3.8) is 0 Å². The Morgan fingerprint density at radius 1 is 1.15 bits per heavy atom. The summed E-state index contributed by atoms with van der Waals surface area (Å²) in [6, 6.07) is 8.79. The average Bonchev–Trinajstić information content (AvgIpc) is 3.24. The highest BCUT2D eigenvalue weighted by Gasteiger charge is 2.34. The molecular formula is C22H22N8O3S. The second-order valence-corrected chi connectivity index (χ2v) is 11.1. The summed E-state index contributed by atoms with van der Waals surface area (Å²) in [7, 11) is -3.09. The molecule has 174 valence electrons. The van der Waals surface area contributed by atoms with Gasteiger partial charge in [-0.3, -0.25) is 4.79 Å². The summed E-state index contributed by atoms with van der Waals surface area (Å²) < 4.78 is 27.4. The van der Waals surface area contributed by atoms with E-state index in [1.807, 2.05) is 25.1 Å². The topological polar surface area (TPSA) is 138 Å². The molecule has 1 atom stereocenters. The monoisotopic (exact) mass is 478 g/mol. The van der Waals surface area contributed by atoms with Crippen LogP contribution in [0.3, 0.4) is 0 Å². The first kappa shape index (κ1) is 20.9. The molecule has 12 heteroatoms. The molecule has 2 aliphatic rings. The van der Waals surface area contributed by atoms with E-state index < -0.39 is 9.84 Å². The Kier molecular flexibility index (Phi) is 4.73. The van der Waals surface area contributed by atoms with Crippen molar-refractivity contribution in [2.45, 2.75) is 38.1 Å². The Balaban J connectivity index is 1.37. The van der Waals surface area contributed by atoms with Crippen molar-refractivity contribution in [1.29, 1.82) is 0 Å². The van der Waals surface area contributed by atoms with Crippen LogP contribution in [-0.2, 0) is 9.84 Å². The fourth-order valence-corrected chi connectivity index (χ4v) is 6.19. The lowest BCUT2D eigenvalue weighted by molar-refractivity contribution is 0.102. The quantitative estimate of drug-likeness (QED) is 0.461. The molecule has 1 unspecified atom stereocenters. The molecule has 0 radical (unpaired) electrons. The number of fused-ring (bicyclic) bond motifs is 1. The van der Waals surface area contributed by atoms with Crippen molar-refractivity contribution in [3.05, 3.63) is 53.6 Å². The average molecular weight is 479 g/mol. The smallest absolute Gasteiger partial charge is 0.256 e. The van der Waals surface area contributed by atoms with Crippen molar-refractivity contribution < 1.29 is 13.2 Å². The molecule has 1 N–H and O–H groups in total. The van der Waals surface area contributed by atoms with Crippen LogP contribution in [0, 0.1) is 6.92 Å². The van der Waals surface area contributed by atoms with Crippen LogP contribution in [0.5, 0.6) is 0 Å². The molecule has 34 heavy (non-hydrogen) atoms. The summed E-state index contributed by atoms with van der Waals surface area (Å²) >= 11 is 0. The lowest BCUT2D eigenvalue weighted by atomic mass is 10.1. The Bertz CT molecular complexity index is 1510. The number of amides is 1. The van der Waals surface area contributed by atoms with Gasteiger partial charge in [0.15, 0.2) is 15.5 Å². The number of aryl methyl sites for hydroxylation is 1. The van der Waals surface area contributed by atoms with E-state index >= 15 is 0 Å². The van der Waals surface area contributed by atoms with E-state index in [-0.39, 0.29) is 23.5 Å². The number of carbonyl (C=O) groups excluding carboxylic acids is 1. The fourth-order valence-electron chi connectivity index (χ4n) is 4.50. The molecule has 1 saturated heterocycles. The maximum atomic E-state index is 13.4. The Hall–Kier alpha value is -3.67. The summed E-state index contributed by atoms with van der Waals surface area (Å²) in [5.41, 5.74) is 4.01. The second-order valence-electron chi connectivity index (χ2n) is 8.91. The molecule has 3 aromatic heterocycles. The first-order chi connectivity index (χ1) is 16.4. The van der Waals surface area contributed by atoms with Gasteiger partial charge in [0.05, 0.1) is 39.9 Å². The van der Waals surface area contributed by atoms with E-state index in [9.17, 15) is 13.2 Å². The molecule has 1 amide bonds. The molecule has 0 bridgehead atoms. The Morgan fingerprint density at radius 3 is 2.59 bits per heavy atom. The third-order valence-electron chi connectivity index (χ3n) is 6.39. The van der Waals surface area contributed by atoms with E-state index in [1.54, 1.807) is 16.8 Å². The van der Waals surface area contributed by atoms with Crippen molar-refractivity contribution >= 4 is 32.5 Å². The third-order valence-corrected chi connectivity index (χ3v) is 8.14. The van der Waals surface area contributed by atoms with E-state index in [2.05, 4.69) is 25.9 Å². The molecule has 4 aromatic rings. The lowest BCUT2D eigenvalue weighted by Crippen LogP contribution is -2.15. The van der Waals surface area contributed by atoms with E-state index in [4.69, 9.17) is 4.98 Å². The van der Waals surface area contributed by atoms with E-state index in [1.165, 1.54) is 11.0 Å². The summed E-state index contributed by atoms with van der Waals surface area (Å²) in [6.45, 7) is 1.83. The first-order valence-corrected chi connectivity index (χ1v) is 12.9. The number of nitrogens with zero attached hydrogens (tertiary/aromatic N) is 7. The summed E-state index contributed by atoms with van der Waals surface area (Å²) in [4.78, 5) is 18.3. The fraction of sp³-hybridized carbons (Fsp3) is 0.364. The molecule has 2 fully saturated rings. The van der Waals surface area contributed by atoms with Crippen LogP contribution >= 0.6 is 0 Å². The number of anilines is 1.